The van der Waals surface area contributed by atoms with E-state index in [9.17, 15) is 0 Å². The zero-order chi connectivity index (χ0) is 19.2. The minimum atomic E-state index is 0.686. The summed E-state index contributed by atoms with van der Waals surface area (Å²) >= 11 is 0. The molecule has 0 atom stereocenters. The number of quaternary nitrogens is 2. The van der Waals surface area contributed by atoms with Crippen molar-refractivity contribution in [1.82, 2.24) is 0 Å². The van der Waals surface area contributed by atoms with Crippen molar-refractivity contribution in [2.45, 2.75) is 0 Å². The summed E-state index contributed by atoms with van der Waals surface area (Å²) in [4.78, 5) is 0. The summed E-state index contributed by atoms with van der Waals surface area (Å²) in [5.74, 6) is 1.79. The highest BCUT2D eigenvalue weighted by molar-refractivity contribution is 5.72. The first-order chi connectivity index (χ1) is 12.1. The minimum absolute atomic E-state index is 0.686. The van der Waals surface area contributed by atoms with Crippen LogP contribution in [0.15, 0.2) is 48.5 Å². The van der Waals surface area contributed by atoms with Gasteiger partial charge in [0.15, 0.2) is 0 Å². The maximum absolute atomic E-state index is 6.11. The molecular formula is C22H34N2O2+2. The van der Waals surface area contributed by atoms with Crippen molar-refractivity contribution < 1.29 is 18.4 Å². The fraction of sp³-hybridized carbons (Fsp3) is 0.455. The molecule has 4 nitrogen and oxygen atoms in total. The van der Waals surface area contributed by atoms with E-state index in [-0.39, 0.29) is 0 Å². The molecule has 0 aliphatic rings. The SMILES string of the molecule is C[N+](C)(C)CCOc1ccc(OCC[N+](C)(C)C)c(-c2ccccc2)c1. The van der Waals surface area contributed by atoms with Gasteiger partial charge < -0.3 is 18.4 Å². The van der Waals surface area contributed by atoms with Gasteiger partial charge in [0.05, 0.1) is 42.3 Å². The Morgan fingerprint density at radius 3 is 1.85 bits per heavy atom. The molecule has 0 aliphatic heterocycles. The third kappa shape index (κ3) is 7.06. The van der Waals surface area contributed by atoms with Crippen LogP contribution in [0.1, 0.15) is 0 Å². The number of ether oxygens (including phenoxy) is 2. The molecule has 0 N–H and O–H groups in total. The summed E-state index contributed by atoms with van der Waals surface area (Å²) in [6, 6.07) is 16.5. The second kappa shape index (κ2) is 8.56. The molecule has 0 unspecified atom stereocenters. The molecule has 0 radical (unpaired) electrons. The van der Waals surface area contributed by atoms with Crippen LogP contribution in [-0.2, 0) is 0 Å². The van der Waals surface area contributed by atoms with Crippen molar-refractivity contribution in [3.8, 4) is 22.6 Å². The van der Waals surface area contributed by atoms with Gasteiger partial charge in [-0.2, -0.15) is 0 Å². The van der Waals surface area contributed by atoms with Gasteiger partial charge in [-0.25, -0.2) is 0 Å². The van der Waals surface area contributed by atoms with Crippen LogP contribution in [0.25, 0.3) is 11.1 Å². The van der Waals surface area contributed by atoms with Crippen molar-refractivity contribution >= 4 is 0 Å². The lowest BCUT2D eigenvalue weighted by Gasteiger charge is -2.24. The molecule has 0 aromatic heterocycles. The Bertz CT molecular complexity index is 686. The molecule has 0 fully saturated rings. The van der Waals surface area contributed by atoms with Crippen molar-refractivity contribution in [3.63, 3.8) is 0 Å². The Balaban J connectivity index is 2.16. The van der Waals surface area contributed by atoms with E-state index in [0.717, 1.165) is 44.7 Å². The monoisotopic (exact) mass is 358 g/mol. The molecule has 0 saturated carbocycles. The van der Waals surface area contributed by atoms with Gasteiger partial charge in [-0.15, -0.1) is 0 Å². The first-order valence-electron chi connectivity index (χ1n) is 9.20. The summed E-state index contributed by atoms with van der Waals surface area (Å²) in [6.45, 7) is 3.29. The topological polar surface area (TPSA) is 18.5 Å². The van der Waals surface area contributed by atoms with Crippen LogP contribution in [-0.4, -0.2) is 77.6 Å². The van der Waals surface area contributed by atoms with Crippen LogP contribution < -0.4 is 9.47 Å². The third-order valence-corrected chi connectivity index (χ3v) is 4.09. The number of rotatable bonds is 9. The van der Waals surface area contributed by atoms with Crippen LogP contribution in [0.4, 0.5) is 0 Å². The first kappa shape index (κ1) is 20.3. The molecule has 0 amide bonds. The molecule has 0 aliphatic carbocycles. The minimum Gasteiger partial charge on any atom is -0.488 e. The molecule has 0 heterocycles. The second-order valence-electron chi connectivity index (χ2n) is 8.75. The van der Waals surface area contributed by atoms with Gasteiger partial charge in [-0.1, -0.05) is 30.3 Å². The van der Waals surface area contributed by atoms with Gasteiger partial charge in [0.25, 0.3) is 0 Å². The largest absolute Gasteiger partial charge is 0.488 e. The van der Waals surface area contributed by atoms with E-state index >= 15 is 0 Å². The van der Waals surface area contributed by atoms with Crippen molar-refractivity contribution in [2.24, 2.45) is 0 Å². The van der Waals surface area contributed by atoms with Gasteiger partial charge in [-0.05, 0) is 23.8 Å². The maximum Gasteiger partial charge on any atom is 0.137 e. The van der Waals surface area contributed by atoms with Gasteiger partial charge in [0.2, 0.25) is 0 Å². The highest BCUT2D eigenvalue weighted by Crippen LogP contribution is 2.33. The summed E-state index contributed by atoms with van der Waals surface area (Å²) in [5.41, 5.74) is 2.22. The molecule has 2 aromatic rings. The molecule has 2 aromatic carbocycles. The highest BCUT2D eigenvalue weighted by Gasteiger charge is 2.12. The fourth-order valence-corrected chi connectivity index (χ4v) is 2.43. The maximum atomic E-state index is 6.11. The van der Waals surface area contributed by atoms with Crippen molar-refractivity contribution in [3.05, 3.63) is 48.5 Å². The highest BCUT2D eigenvalue weighted by atomic mass is 16.5. The lowest BCUT2D eigenvalue weighted by molar-refractivity contribution is -0.870. The van der Waals surface area contributed by atoms with E-state index in [0.29, 0.717) is 13.2 Å². The Kier molecular flexibility index (Phi) is 6.68. The van der Waals surface area contributed by atoms with E-state index in [1.807, 2.05) is 18.2 Å². The van der Waals surface area contributed by atoms with Crippen LogP contribution in [0.3, 0.4) is 0 Å². The summed E-state index contributed by atoms with van der Waals surface area (Å²) in [6.07, 6.45) is 0. The number of hydrogen-bond acceptors (Lipinski definition) is 2. The number of benzene rings is 2. The van der Waals surface area contributed by atoms with Crippen LogP contribution in [0.5, 0.6) is 11.5 Å². The smallest absolute Gasteiger partial charge is 0.137 e. The van der Waals surface area contributed by atoms with Crippen LogP contribution >= 0.6 is 0 Å². The third-order valence-electron chi connectivity index (χ3n) is 4.09. The van der Waals surface area contributed by atoms with Crippen LogP contribution in [0, 0.1) is 0 Å². The molecule has 4 heteroatoms. The van der Waals surface area contributed by atoms with Gasteiger partial charge >= 0.3 is 0 Å². The predicted molar refractivity (Wildman–Crippen MR) is 109 cm³/mol. The van der Waals surface area contributed by atoms with Crippen LogP contribution in [0.2, 0.25) is 0 Å². The predicted octanol–water partition coefficient (Wildman–Crippen LogP) is 3.52. The van der Waals surface area contributed by atoms with Gasteiger partial charge in [0, 0.05) is 5.56 Å². The fourth-order valence-electron chi connectivity index (χ4n) is 2.43. The normalized spacial score (nSPS) is 12.1. The molecular weight excluding hydrogens is 324 g/mol. The second-order valence-corrected chi connectivity index (χ2v) is 8.75. The molecule has 0 spiro atoms. The van der Waals surface area contributed by atoms with Crippen molar-refractivity contribution in [1.29, 1.82) is 0 Å². The molecule has 2 rings (SSSR count). The standard InChI is InChI=1S/C22H34N2O2/c1-23(2,3)14-16-25-20-12-13-22(26-17-15-24(4,5)6)21(18-20)19-10-8-7-9-11-19/h7-13,18H,14-17H2,1-6H3/q+2. The number of hydrogen-bond donors (Lipinski definition) is 0. The Hall–Kier alpha value is -2.04. The average molecular weight is 359 g/mol. The molecule has 0 bridgehead atoms. The summed E-state index contributed by atoms with van der Waals surface area (Å²) in [5, 5.41) is 0. The lowest BCUT2D eigenvalue weighted by Crippen LogP contribution is -2.38. The van der Waals surface area contributed by atoms with E-state index in [1.54, 1.807) is 0 Å². The van der Waals surface area contributed by atoms with E-state index in [1.165, 1.54) is 0 Å². The summed E-state index contributed by atoms with van der Waals surface area (Å²) < 4.78 is 13.9. The molecule has 142 valence electrons. The zero-order valence-corrected chi connectivity index (χ0v) is 17.2. The van der Waals surface area contributed by atoms with Crippen molar-refractivity contribution in [2.75, 3.05) is 68.6 Å². The quantitative estimate of drug-likeness (QED) is 0.639. The van der Waals surface area contributed by atoms with Gasteiger partial charge in [-0.3, -0.25) is 0 Å². The summed E-state index contributed by atoms with van der Waals surface area (Å²) in [7, 11) is 13.0. The lowest BCUT2D eigenvalue weighted by atomic mass is 10.0. The Morgan fingerprint density at radius 1 is 0.692 bits per heavy atom. The molecule has 0 saturated heterocycles. The van der Waals surface area contributed by atoms with Gasteiger partial charge in [0.1, 0.15) is 37.8 Å². The first-order valence-corrected chi connectivity index (χ1v) is 9.20. The zero-order valence-electron chi connectivity index (χ0n) is 17.2. The number of nitrogens with zero attached hydrogens (tertiary/aromatic N) is 2. The number of likely N-dealkylation sites (N-methyl/N-ethyl adjacent to an activating group) is 2. The van der Waals surface area contributed by atoms with E-state index in [4.69, 9.17) is 9.47 Å². The molecule has 26 heavy (non-hydrogen) atoms. The Labute approximate surface area is 158 Å². The van der Waals surface area contributed by atoms with E-state index in [2.05, 4.69) is 72.6 Å². The Morgan fingerprint density at radius 2 is 1.27 bits per heavy atom. The average Bonchev–Trinajstić information content (AvgIpc) is 2.54. The van der Waals surface area contributed by atoms with E-state index < -0.39 is 0 Å².